The van der Waals surface area contributed by atoms with Gasteiger partial charge in [0, 0.05) is 23.9 Å². The van der Waals surface area contributed by atoms with Crippen LogP contribution in [0.2, 0.25) is 5.02 Å². The Kier molecular flexibility index (Phi) is 5.44. The van der Waals surface area contributed by atoms with E-state index in [0.717, 1.165) is 0 Å². The number of rotatable bonds is 5. The van der Waals surface area contributed by atoms with Gasteiger partial charge in [-0.2, -0.15) is 0 Å². The van der Waals surface area contributed by atoms with Crippen LogP contribution in [-0.4, -0.2) is 24.3 Å². The van der Waals surface area contributed by atoms with Crippen molar-refractivity contribution in [1.29, 1.82) is 0 Å². The maximum absolute atomic E-state index is 11.6. The van der Waals surface area contributed by atoms with Crippen molar-refractivity contribution in [2.75, 3.05) is 18.5 Å². The summed E-state index contributed by atoms with van der Waals surface area (Å²) in [6, 6.07) is 6.69. The van der Waals surface area contributed by atoms with Gasteiger partial charge in [-0.1, -0.05) is 31.5 Å². The minimum absolute atomic E-state index is 0.116. The van der Waals surface area contributed by atoms with Crippen LogP contribution in [0.5, 0.6) is 0 Å². The first-order chi connectivity index (χ1) is 8.43. The third-order valence-electron chi connectivity index (χ3n) is 2.60. The third-order valence-corrected chi connectivity index (χ3v) is 2.83. The number of urea groups is 1. The quantitative estimate of drug-likeness (QED) is 0.770. The molecule has 0 radical (unpaired) electrons. The number of aliphatic hydroxyl groups excluding tert-OH is 1. The van der Waals surface area contributed by atoms with E-state index in [1.54, 1.807) is 24.3 Å². The summed E-state index contributed by atoms with van der Waals surface area (Å²) >= 11 is 5.82. The lowest BCUT2D eigenvalue weighted by atomic mass is 9.90. The number of carbonyl (C=O) groups is 1. The molecule has 0 unspecified atom stereocenters. The van der Waals surface area contributed by atoms with Crippen molar-refractivity contribution in [3.05, 3.63) is 29.3 Å². The molecule has 4 nitrogen and oxygen atoms in total. The Hall–Kier alpha value is -1.26. The van der Waals surface area contributed by atoms with E-state index in [2.05, 4.69) is 10.6 Å². The molecule has 5 heteroatoms. The number of halogens is 1. The monoisotopic (exact) mass is 270 g/mol. The molecule has 0 aliphatic heterocycles. The van der Waals surface area contributed by atoms with Crippen LogP contribution in [0.25, 0.3) is 0 Å². The highest BCUT2D eigenvalue weighted by molar-refractivity contribution is 6.30. The predicted octanol–water partition coefficient (Wildman–Crippen LogP) is 2.87. The van der Waals surface area contributed by atoms with Crippen molar-refractivity contribution in [3.8, 4) is 0 Å². The highest BCUT2D eigenvalue weighted by atomic mass is 35.5. The van der Waals surface area contributed by atoms with Crippen LogP contribution < -0.4 is 10.6 Å². The fourth-order valence-electron chi connectivity index (χ4n) is 1.45. The number of benzene rings is 1. The molecule has 0 saturated carbocycles. The minimum atomic E-state index is -0.275. The molecule has 18 heavy (non-hydrogen) atoms. The van der Waals surface area contributed by atoms with Crippen LogP contribution in [0.3, 0.4) is 0 Å². The molecule has 2 amide bonds. The summed E-state index contributed by atoms with van der Waals surface area (Å²) in [7, 11) is 0. The van der Waals surface area contributed by atoms with E-state index >= 15 is 0 Å². The van der Waals surface area contributed by atoms with Gasteiger partial charge >= 0.3 is 6.03 Å². The van der Waals surface area contributed by atoms with Crippen LogP contribution in [0.4, 0.5) is 10.5 Å². The smallest absolute Gasteiger partial charge is 0.319 e. The molecular weight excluding hydrogens is 252 g/mol. The zero-order valence-electron chi connectivity index (χ0n) is 10.7. The maximum Gasteiger partial charge on any atom is 0.319 e. The summed E-state index contributed by atoms with van der Waals surface area (Å²) in [5, 5.41) is 14.9. The van der Waals surface area contributed by atoms with Gasteiger partial charge in [0.1, 0.15) is 0 Å². The van der Waals surface area contributed by atoms with E-state index in [0.29, 0.717) is 23.7 Å². The van der Waals surface area contributed by atoms with Crippen molar-refractivity contribution in [1.82, 2.24) is 5.32 Å². The largest absolute Gasteiger partial charge is 0.396 e. The Labute approximate surface area is 112 Å². The predicted molar refractivity (Wildman–Crippen MR) is 74.0 cm³/mol. The zero-order valence-corrected chi connectivity index (χ0v) is 11.4. The number of carbonyl (C=O) groups excluding carboxylic acids is 1. The van der Waals surface area contributed by atoms with E-state index in [-0.39, 0.29) is 18.1 Å². The van der Waals surface area contributed by atoms with E-state index in [4.69, 9.17) is 16.7 Å². The summed E-state index contributed by atoms with van der Waals surface area (Å²) in [4.78, 5) is 11.6. The first-order valence-electron chi connectivity index (χ1n) is 5.84. The molecule has 100 valence electrons. The molecule has 1 aromatic carbocycles. The van der Waals surface area contributed by atoms with Crippen molar-refractivity contribution in [2.24, 2.45) is 5.41 Å². The molecule has 0 aliphatic rings. The Morgan fingerprint density at radius 1 is 1.44 bits per heavy atom. The lowest BCUT2D eigenvalue weighted by Gasteiger charge is -2.23. The number of aliphatic hydroxyl groups is 1. The molecule has 3 N–H and O–H groups in total. The summed E-state index contributed by atoms with van der Waals surface area (Å²) < 4.78 is 0. The third kappa shape index (κ3) is 5.38. The Morgan fingerprint density at radius 3 is 2.78 bits per heavy atom. The van der Waals surface area contributed by atoms with Crippen molar-refractivity contribution >= 4 is 23.3 Å². The lowest BCUT2D eigenvalue weighted by molar-refractivity contribution is 0.204. The van der Waals surface area contributed by atoms with Crippen LogP contribution in [0, 0.1) is 5.41 Å². The van der Waals surface area contributed by atoms with Gasteiger partial charge in [-0.05, 0) is 30.0 Å². The lowest BCUT2D eigenvalue weighted by Crippen LogP contribution is -2.37. The van der Waals surface area contributed by atoms with Gasteiger partial charge < -0.3 is 15.7 Å². The standard InChI is InChI=1S/C13H19ClN2O2/c1-13(2,6-7-17)9-15-12(18)16-11-5-3-4-10(14)8-11/h3-5,8,17H,6-7,9H2,1-2H3,(H2,15,16,18). The fraction of sp³-hybridized carbons (Fsp3) is 0.462. The fourth-order valence-corrected chi connectivity index (χ4v) is 1.64. The highest BCUT2D eigenvalue weighted by Crippen LogP contribution is 2.18. The summed E-state index contributed by atoms with van der Waals surface area (Å²) in [6.45, 7) is 4.59. The topological polar surface area (TPSA) is 61.4 Å². The first kappa shape index (κ1) is 14.8. The van der Waals surface area contributed by atoms with Gasteiger partial charge in [0.15, 0.2) is 0 Å². The summed E-state index contributed by atoms with van der Waals surface area (Å²) in [6.07, 6.45) is 0.643. The second-order valence-electron chi connectivity index (χ2n) is 4.96. The van der Waals surface area contributed by atoms with E-state index in [9.17, 15) is 4.79 Å². The molecule has 0 heterocycles. The Morgan fingerprint density at radius 2 is 2.17 bits per heavy atom. The van der Waals surface area contributed by atoms with E-state index < -0.39 is 0 Å². The molecule has 1 rings (SSSR count). The molecule has 1 aromatic rings. The maximum atomic E-state index is 11.6. The SMILES string of the molecule is CC(C)(CCO)CNC(=O)Nc1cccc(Cl)c1. The normalized spacial score (nSPS) is 11.1. The molecule has 0 fully saturated rings. The second-order valence-corrected chi connectivity index (χ2v) is 5.39. The Balaban J connectivity index is 2.43. The van der Waals surface area contributed by atoms with E-state index in [1.807, 2.05) is 13.8 Å². The van der Waals surface area contributed by atoms with Gasteiger partial charge in [-0.3, -0.25) is 0 Å². The van der Waals surface area contributed by atoms with Crippen LogP contribution in [0.1, 0.15) is 20.3 Å². The molecule has 0 spiro atoms. The molecule has 0 aliphatic carbocycles. The molecular formula is C13H19ClN2O2. The van der Waals surface area contributed by atoms with Gasteiger partial charge in [0.2, 0.25) is 0 Å². The summed E-state index contributed by atoms with van der Waals surface area (Å²) in [5.41, 5.74) is 0.528. The number of hydrogen-bond donors (Lipinski definition) is 3. The number of amides is 2. The van der Waals surface area contributed by atoms with E-state index in [1.165, 1.54) is 0 Å². The van der Waals surface area contributed by atoms with Crippen LogP contribution in [0.15, 0.2) is 24.3 Å². The minimum Gasteiger partial charge on any atom is -0.396 e. The average molecular weight is 271 g/mol. The summed E-state index contributed by atoms with van der Waals surface area (Å²) in [5.74, 6) is 0. The highest BCUT2D eigenvalue weighted by Gasteiger charge is 2.17. The molecule has 0 aromatic heterocycles. The van der Waals surface area contributed by atoms with Crippen LogP contribution in [-0.2, 0) is 0 Å². The van der Waals surface area contributed by atoms with Gasteiger partial charge in [-0.15, -0.1) is 0 Å². The Bertz CT molecular complexity index is 408. The molecule has 0 saturated heterocycles. The van der Waals surface area contributed by atoms with Crippen molar-refractivity contribution in [2.45, 2.75) is 20.3 Å². The number of nitrogens with one attached hydrogen (secondary N) is 2. The van der Waals surface area contributed by atoms with Crippen molar-refractivity contribution < 1.29 is 9.90 Å². The molecule has 0 atom stereocenters. The first-order valence-corrected chi connectivity index (χ1v) is 6.22. The van der Waals surface area contributed by atoms with Crippen LogP contribution >= 0.6 is 11.6 Å². The number of hydrogen-bond acceptors (Lipinski definition) is 2. The van der Waals surface area contributed by atoms with Gasteiger partial charge in [0.05, 0.1) is 0 Å². The van der Waals surface area contributed by atoms with Gasteiger partial charge in [0.25, 0.3) is 0 Å². The van der Waals surface area contributed by atoms with Gasteiger partial charge in [-0.25, -0.2) is 4.79 Å². The average Bonchev–Trinajstić information content (AvgIpc) is 2.26. The van der Waals surface area contributed by atoms with Crippen molar-refractivity contribution in [3.63, 3.8) is 0 Å². The number of anilines is 1. The second kappa shape index (κ2) is 6.61. The molecule has 0 bridgehead atoms. The zero-order chi connectivity index (χ0) is 13.6.